The minimum Gasteiger partial charge on any atom is -0.308 e. The van der Waals surface area contributed by atoms with Crippen molar-refractivity contribution in [1.29, 1.82) is 0 Å². The van der Waals surface area contributed by atoms with E-state index in [1.54, 1.807) is 6.20 Å². The number of benzene rings is 1. The molecule has 0 saturated heterocycles. The molecule has 1 aliphatic carbocycles. The highest BCUT2D eigenvalue weighted by Gasteiger charge is 2.45. The van der Waals surface area contributed by atoms with E-state index in [-0.39, 0.29) is 31.1 Å². The van der Waals surface area contributed by atoms with Crippen molar-refractivity contribution in [3.63, 3.8) is 0 Å². The Morgan fingerprint density at radius 3 is 2.71 bits per heavy atom. The molecule has 0 spiro atoms. The van der Waals surface area contributed by atoms with Crippen molar-refractivity contribution in [2.45, 2.75) is 25.2 Å². The molecule has 7 heteroatoms. The number of halogens is 2. The maximum absolute atomic E-state index is 12.7. The van der Waals surface area contributed by atoms with Gasteiger partial charge in [-0.3, -0.25) is 4.79 Å². The van der Waals surface area contributed by atoms with Gasteiger partial charge in [-0.2, -0.15) is 0 Å². The summed E-state index contributed by atoms with van der Waals surface area (Å²) >= 11 is 0. The minimum atomic E-state index is -2.60. The molecule has 0 radical (unpaired) electrons. The van der Waals surface area contributed by atoms with Crippen LogP contribution in [0.2, 0.25) is 0 Å². The number of para-hydroxylation sites is 1. The summed E-state index contributed by atoms with van der Waals surface area (Å²) in [7, 11) is 0. The van der Waals surface area contributed by atoms with Gasteiger partial charge in [0.2, 0.25) is 11.8 Å². The smallest absolute Gasteiger partial charge is 0.248 e. The van der Waals surface area contributed by atoms with Crippen molar-refractivity contribution in [1.82, 2.24) is 15.0 Å². The zero-order valence-corrected chi connectivity index (χ0v) is 11.2. The standard InChI is InChI=1S/C14H14F2N4O/c15-14(16)7-10(8-14)6-13(21)17-12-9-20(19-18-12)11-4-2-1-3-5-11/h1-5,9-10H,6-8H2,(H,17,21). The predicted octanol–water partition coefficient (Wildman–Crippen LogP) is 2.64. The lowest BCUT2D eigenvalue weighted by atomic mass is 9.79. The number of hydrogen-bond donors (Lipinski definition) is 1. The van der Waals surface area contributed by atoms with Crippen LogP contribution in [0.15, 0.2) is 36.5 Å². The second-order valence-corrected chi connectivity index (χ2v) is 5.27. The van der Waals surface area contributed by atoms with Gasteiger partial charge in [0, 0.05) is 19.3 Å². The zero-order valence-electron chi connectivity index (χ0n) is 11.2. The fourth-order valence-corrected chi connectivity index (χ4v) is 2.41. The van der Waals surface area contributed by atoms with Crippen molar-refractivity contribution in [2.75, 3.05) is 5.32 Å². The van der Waals surface area contributed by atoms with Crippen LogP contribution in [0, 0.1) is 5.92 Å². The van der Waals surface area contributed by atoms with Crippen molar-refractivity contribution in [2.24, 2.45) is 5.92 Å². The molecule has 1 fully saturated rings. The van der Waals surface area contributed by atoms with E-state index in [1.165, 1.54) is 4.68 Å². The third-order valence-corrected chi connectivity index (χ3v) is 3.43. The molecule has 1 aliphatic rings. The summed E-state index contributed by atoms with van der Waals surface area (Å²) < 4.78 is 26.9. The maximum atomic E-state index is 12.7. The van der Waals surface area contributed by atoms with Gasteiger partial charge in [0.05, 0.1) is 11.9 Å². The molecular formula is C14H14F2N4O. The largest absolute Gasteiger partial charge is 0.308 e. The second kappa shape index (κ2) is 5.23. The number of aromatic nitrogens is 3. The first-order valence-electron chi connectivity index (χ1n) is 6.67. The molecule has 1 aromatic heterocycles. The number of nitrogens with one attached hydrogen (secondary N) is 1. The number of hydrogen-bond acceptors (Lipinski definition) is 3. The summed E-state index contributed by atoms with van der Waals surface area (Å²) in [5.41, 5.74) is 0.823. The van der Waals surface area contributed by atoms with Crippen molar-refractivity contribution in [3.8, 4) is 5.69 Å². The van der Waals surface area contributed by atoms with Crippen molar-refractivity contribution < 1.29 is 13.6 Å². The first-order valence-corrected chi connectivity index (χ1v) is 6.67. The van der Waals surface area contributed by atoms with Gasteiger partial charge in [0.1, 0.15) is 0 Å². The summed E-state index contributed by atoms with van der Waals surface area (Å²) in [6.07, 6.45) is 1.25. The minimum absolute atomic E-state index is 0.0911. The van der Waals surface area contributed by atoms with Gasteiger partial charge in [-0.15, -0.1) is 5.10 Å². The lowest BCUT2D eigenvalue weighted by Crippen LogP contribution is -2.37. The summed E-state index contributed by atoms with van der Waals surface area (Å²) in [5.74, 6) is -2.84. The van der Waals surface area contributed by atoms with Gasteiger partial charge in [0.25, 0.3) is 0 Å². The Labute approximate surface area is 120 Å². The number of rotatable bonds is 4. The Balaban J connectivity index is 1.56. The summed E-state index contributed by atoms with van der Waals surface area (Å²) in [6, 6.07) is 9.34. The molecule has 1 heterocycles. The normalized spacial score (nSPS) is 17.2. The second-order valence-electron chi connectivity index (χ2n) is 5.27. The van der Waals surface area contributed by atoms with E-state index in [9.17, 15) is 13.6 Å². The molecular weight excluding hydrogens is 278 g/mol. The Morgan fingerprint density at radius 1 is 1.33 bits per heavy atom. The third kappa shape index (κ3) is 3.24. The van der Waals surface area contributed by atoms with Crippen molar-refractivity contribution in [3.05, 3.63) is 36.5 Å². The Kier molecular flexibility index (Phi) is 3.40. The number of alkyl halides is 2. The van der Waals surface area contributed by atoms with Crippen LogP contribution in [0.3, 0.4) is 0 Å². The summed E-state index contributed by atoms with van der Waals surface area (Å²) in [5, 5.41) is 10.3. The highest BCUT2D eigenvalue weighted by molar-refractivity contribution is 5.89. The number of anilines is 1. The zero-order chi connectivity index (χ0) is 14.9. The van der Waals surface area contributed by atoms with Crippen LogP contribution in [0.4, 0.5) is 14.6 Å². The molecule has 1 N–H and O–H groups in total. The summed E-state index contributed by atoms with van der Waals surface area (Å²) in [4.78, 5) is 11.7. The molecule has 0 atom stereocenters. The molecule has 1 amide bonds. The molecule has 0 bridgehead atoms. The number of carbonyl (C=O) groups is 1. The van der Waals surface area contributed by atoms with Crippen LogP contribution in [0.25, 0.3) is 5.69 Å². The highest BCUT2D eigenvalue weighted by atomic mass is 19.3. The van der Waals surface area contributed by atoms with Crippen LogP contribution in [0.5, 0.6) is 0 Å². The molecule has 2 aromatic rings. The monoisotopic (exact) mass is 292 g/mol. The van der Waals surface area contributed by atoms with E-state index in [0.29, 0.717) is 5.82 Å². The fraction of sp³-hybridized carbons (Fsp3) is 0.357. The van der Waals surface area contributed by atoms with E-state index in [0.717, 1.165) is 5.69 Å². The molecule has 1 saturated carbocycles. The predicted molar refractivity (Wildman–Crippen MR) is 72.3 cm³/mol. The van der Waals surface area contributed by atoms with Gasteiger partial charge in [0.15, 0.2) is 5.82 Å². The van der Waals surface area contributed by atoms with Gasteiger partial charge in [-0.1, -0.05) is 23.4 Å². The quantitative estimate of drug-likeness (QED) is 0.942. The average Bonchev–Trinajstić information content (AvgIpc) is 2.86. The van der Waals surface area contributed by atoms with E-state index in [4.69, 9.17) is 0 Å². The number of carbonyl (C=O) groups excluding carboxylic acids is 1. The van der Waals surface area contributed by atoms with Crippen LogP contribution in [0.1, 0.15) is 19.3 Å². The molecule has 1 aromatic carbocycles. The Hall–Kier alpha value is -2.31. The maximum Gasteiger partial charge on any atom is 0.248 e. The lowest BCUT2D eigenvalue weighted by molar-refractivity contribution is -0.129. The van der Waals surface area contributed by atoms with E-state index in [2.05, 4.69) is 15.6 Å². The number of nitrogens with zero attached hydrogens (tertiary/aromatic N) is 3. The van der Waals surface area contributed by atoms with Crippen LogP contribution >= 0.6 is 0 Å². The molecule has 0 unspecified atom stereocenters. The van der Waals surface area contributed by atoms with Gasteiger partial charge in [-0.25, -0.2) is 13.5 Å². The fourth-order valence-electron chi connectivity index (χ4n) is 2.41. The molecule has 5 nitrogen and oxygen atoms in total. The van der Waals surface area contributed by atoms with E-state index < -0.39 is 5.92 Å². The topological polar surface area (TPSA) is 59.8 Å². The van der Waals surface area contributed by atoms with E-state index in [1.807, 2.05) is 30.3 Å². The van der Waals surface area contributed by atoms with Crippen LogP contribution < -0.4 is 5.32 Å². The van der Waals surface area contributed by atoms with Crippen molar-refractivity contribution >= 4 is 11.7 Å². The Morgan fingerprint density at radius 2 is 2.05 bits per heavy atom. The van der Waals surface area contributed by atoms with Gasteiger partial charge < -0.3 is 5.32 Å². The lowest BCUT2D eigenvalue weighted by Gasteiger charge is -2.34. The average molecular weight is 292 g/mol. The molecule has 0 aliphatic heterocycles. The van der Waals surface area contributed by atoms with E-state index >= 15 is 0 Å². The molecule has 3 rings (SSSR count). The highest BCUT2D eigenvalue weighted by Crippen LogP contribution is 2.44. The summed E-state index contributed by atoms with van der Waals surface area (Å²) in [6.45, 7) is 0. The Bertz CT molecular complexity index is 633. The first-order chi connectivity index (χ1) is 10.0. The van der Waals surface area contributed by atoms with Crippen LogP contribution in [-0.4, -0.2) is 26.8 Å². The molecule has 21 heavy (non-hydrogen) atoms. The van der Waals surface area contributed by atoms with Gasteiger partial charge >= 0.3 is 0 Å². The van der Waals surface area contributed by atoms with Crippen LogP contribution in [-0.2, 0) is 4.79 Å². The number of amides is 1. The molecule has 110 valence electrons. The van der Waals surface area contributed by atoms with Gasteiger partial charge in [-0.05, 0) is 18.1 Å². The SMILES string of the molecule is O=C(CC1CC(F)(F)C1)Nc1cn(-c2ccccc2)nn1. The first kappa shape index (κ1) is 13.7. The third-order valence-electron chi connectivity index (χ3n) is 3.43.